The minimum Gasteiger partial charge on any atom is -0.399 e. The number of hydrogen-bond acceptors (Lipinski definition) is 2. The molecule has 0 amide bonds. The van der Waals surface area contributed by atoms with E-state index < -0.39 is 0 Å². The molecule has 3 heteroatoms. The highest BCUT2D eigenvalue weighted by Crippen LogP contribution is 2.37. The maximum absolute atomic E-state index is 6.25. The van der Waals surface area contributed by atoms with Crippen LogP contribution in [0.25, 0.3) is 43.8 Å². The third-order valence-electron chi connectivity index (χ3n) is 7.69. The van der Waals surface area contributed by atoms with Crippen molar-refractivity contribution in [1.82, 2.24) is 0 Å². The van der Waals surface area contributed by atoms with E-state index in [1.807, 2.05) is 0 Å². The van der Waals surface area contributed by atoms with Crippen molar-refractivity contribution in [3.8, 4) is 22.3 Å². The van der Waals surface area contributed by atoms with Gasteiger partial charge in [-0.05, 0) is 89.1 Å². The average molecular weight is 456 g/mol. The molecule has 0 unspecified atom stereocenters. The van der Waals surface area contributed by atoms with Gasteiger partial charge in [0.25, 0.3) is 0 Å². The van der Waals surface area contributed by atoms with Gasteiger partial charge < -0.3 is 9.31 Å². The van der Waals surface area contributed by atoms with Crippen molar-refractivity contribution in [3.63, 3.8) is 0 Å². The molecule has 0 saturated carbocycles. The molecule has 0 aromatic heterocycles. The Balaban J connectivity index is 1.34. The van der Waals surface area contributed by atoms with Crippen LogP contribution in [0.2, 0.25) is 0 Å². The summed E-state index contributed by atoms with van der Waals surface area (Å²) in [6.45, 7) is 8.36. The fourth-order valence-electron chi connectivity index (χ4n) is 4.90. The highest BCUT2D eigenvalue weighted by Gasteiger charge is 2.51. The Morgan fingerprint density at radius 2 is 1.14 bits per heavy atom. The zero-order chi connectivity index (χ0) is 24.2. The van der Waals surface area contributed by atoms with Gasteiger partial charge in [0.15, 0.2) is 0 Å². The fourth-order valence-corrected chi connectivity index (χ4v) is 4.90. The van der Waals surface area contributed by atoms with E-state index in [0.717, 1.165) is 5.46 Å². The van der Waals surface area contributed by atoms with Crippen molar-refractivity contribution in [2.45, 2.75) is 38.9 Å². The second kappa shape index (κ2) is 8.08. The van der Waals surface area contributed by atoms with E-state index in [1.54, 1.807) is 0 Å². The van der Waals surface area contributed by atoms with E-state index in [0.29, 0.717) is 0 Å². The van der Waals surface area contributed by atoms with Crippen molar-refractivity contribution < 1.29 is 9.31 Å². The Bertz CT molecular complexity index is 1540. The molecular weight excluding hydrogens is 427 g/mol. The molecule has 5 aromatic rings. The zero-order valence-corrected chi connectivity index (χ0v) is 20.7. The number of hydrogen-bond donors (Lipinski definition) is 0. The van der Waals surface area contributed by atoms with Crippen LogP contribution < -0.4 is 5.46 Å². The van der Waals surface area contributed by atoms with E-state index in [4.69, 9.17) is 9.31 Å². The monoisotopic (exact) mass is 456 g/mol. The first-order valence-corrected chi connectivity index (χ1v) is 12.3. The predicted molar refractivity (Wildman–Crippen MR) is 148 cm³/mol. The van der Waals surface area contributed by atoms with E-state index in [9.17, 15) is 0 Å². The first kappa shape index (κ1) is 22.1. The van der Waals surface area contributed by atoms with E-state index >= 15 is 0 Å². The molecule has 1 fully saturated rings. The Morgan fingerprint density at radius 1 is 0.514 bits per heavy atom. The predicted octanol–water partition coefficient (Wildman–Crippen LogP) is 7.63. The molecule has 0 spiro atoms. The summed E-state index contributed by atoms with van der Waals surface area (Å²) in [5.74, 6) is 0. The molecule has 0 radical (unpaired) electrons. The van der Waals surface area contributed by atoms with Gasteiger partial charge in [0.05, 0.1) is 11.2 Å². The minimum absolute atomic E-state index is 0.340. The first-order valence-electron chi connectivity index (χ1n) is 12.3. The maximum Gasteiger partial charge on any atom is 0.494 e. The number of benzene rings is 5. The van der Waals surface area contributed by atoms with Crippen LogP contribution in [0.1, 0.15) is 27.7 Å². The second-order valence-electron chi connectivity index (χ2n) is 10.5. The second-order valence-corrected chi connectivity index (χ2v) is 10.5. The van der Waals surface area contributed by atoms with Crippen LogP contribution in [0, 0.1) is 0 Å². The van der Waals surface area contributed by atoms with Crippen molar-refractivity contribution >= 4 is 34.1 Å². The normalized spacial score (nSPS) is 16.7. The lowest BCUT2D eigenvalue weighted by molar-refractivity contribution is 0.00578. The first-order chi connectivity index (χ1) is 16.8. The molecule has 0 N–H and O–H groups in total. The quantitative estimate of drug-likeness (QED) is 0.260. The van der Waals surface area contributed by atoms with Crippen molar-refractivity contribution in [1.29, 1.82) is 0 Å². The van der Waals surface area contributed by atoms with Gasteiger partial charge >= 0.3 is 7.12 Å². The lowest BCUT2D eigenvalue weighted by Gasteiger charge is -2.32. The van der Waals surface area contributed by atoms with E-state index in [-0.39, 0.29) is 18.3 Å². The topological polar surface area (TPSA) is 18.5 Å². The summed E-state index contributed by atoms with van der Waals surface area (Å²) in [6, 6.07) is 37.1. The Hall–Kier alpha value is -3.40. The molecule has 35 heavy (non-hydrogen) atoms. The van der Waals surface area contributed by atoms with Gasteiger partial charge in [-0.2, -0.15) is 0 Å². The molecule has 0 bridgehead atoms. The summed E-state index contributed by atoms with van der Waals surface area (Å²) in [5, 5.41) is 4.92. The molecule has 0 aliphatic carbocycles. The van der Waals surface area contributed by atoms with Crippen LogP contribution in [0.4, 0.5) is 0 Å². The van der Waals surface area contributed by atoms with Gasteiger partial charge in [-0.25, -0.2) is 0 Å². The van der Waals surface area contributed by atoms with Crippen LogP contribution in [0.3, 0.4) is 0 Å². The zero-order valence-electron chi connectivity index (χ0n) is 20.7. The Morgan fingerprint density at radius 3 is 1.89 bits per heavy atom. The van der Waals surface area contributed by atoms with Gasteiger partial charge in [0.1, 0.15) is 0 Å². The van der Waals surface area contributed by atoms with Crippen molar-refractivity contribution in [3.05, 3.63) is 103 Å². The largest absolute Gasteiger partial charge is 0.494 e. The molecule has 1 aliphatic heterocycles. The van der Waals surface area contributed by atoms with Crippen molar-refractivity contribution in [2.24, 2.45) is 0 Å². The summed E-state index contributed by atoms with van der Waals surface area (Å²) < 4.78 is 12.5. The molecule has 5 aromatic carbocycles. The molecular formula is C32H29BO2. The highest BCUT2D eigenvalue weighted by molar-refractivity contribution is 6.62. The van der Waals surface area contributed by atoms with Crippen LogP contribution in [-0.4, -0.2) is 18.3 Å². The molecule has 0 atom stereocenters. The van der Waals surface area contributed by atoms with Gasteiger partial charge in [-0.15, -0.1) is 0 Å². The molecule has 2 nitrogen and oxygen atoms in total. The SMILES string of the molecule is CC1(C)OB(c2ccc3cc(-c4ccc5c(-c6ccccc6)cccc5c4)ccc3c2)OC1(C)C. The number of rotatable bonds is 3. The summed E-state index contributed by atoms with van der Waals surface area (Å²) in [6.07, 6.45) is 0. The summed E-state index contributed by atoms with van der Waals surface area (Å²) >= 11 is 0. The Labute approximate surface area is 207 Å². The van der Waals surface area contributed by atoms with Gasteiger partial charge in [-0.3, -0.25) is 0 Å². The van der Waals surface area contributed by atoms with Crippen LogP contribution >= 0.6 is 0 Å². The van der Waals surface area contributed by atoms with Crippen molar-refractivity contribution in [2.75, 3.05) is 0 Å². The van der Waals surface area contributed by atoms with Crippen LogP contribution in [-0.2, 0) is 9.31 Å². The minimum atomic E-state index is -0.344. The smallest absolute Gasteiger partial charge is 0.399 e. The van der Waals surface area contributed by atoms with Crippen LogP contribution in [0.15, 0.2) is 103 Å². The lowest BCUT2D eigenvalue weighted by Crippen LogP contribution is -2.41. The summed E-state index contributed by atoms with van der Waals surface area (Å²) in [4.78, 5) is 0. The molecule has 1 heterocycles. The van der Waals surface area contributed by atoms with Crippen LogP contribution in [0.5, 0.6) is 0 Å². The summed E-state index contributed by atoms with van der Waals surface area (Å²) in [7, 11) is -0.344. The lowest BCUT2D eigenvalue weighted by atomic mass is 9.78. The van der Waals surface area contributed by atoms with E-state index in [2.05, 4.69) is 131 Å². The fraction of sp³-hybridized carbons (Fsp3) is 0.188. The van der Waals surface area contributed by atoms with Gasteiger partial charge in [0.2, 0.25) is 0 Å². The standard InChI is InChI=1S/C32H29BO2/c1-31(2)32(3,4)35-33(34-31)28-17-15-24-19-23(13-14-26(24)21-28)25-16-18-30-27(20-25)11-8-12-29(30)22-9-6-5-7-10-22/h5-21H,1-4H3. The third-order valence-corrected chi connectivity index (χ3v) is 7.69. The third kappa shape index (κ3) is 3.85. The highest BCUT2D eigenvalue weighted by atomic mass is 16.7. The average Bonchev–Trinajstić information content (AvgIpc) is 3.09. The molecule has 1 saturated heterocycles. The number of fused-ring (bicyclic) bond motifs is 2. The van der Waals surface area contributed by atoms with Gasteiger partial charge in [0, 0.05) is 0 Å². The van der Waals surface area contributed by atoms with E-state index in [1.165, 1.54) is 43.8 Å². The molecule has 172 valence electrons. The maximum atomic E-state index is 6.25. The molecule has 1 aliphatic rings. The molecule has 6 rings (SSSR count). The summed E-state index contributed by atoms with van der Waals surface area (Å²) in [5.41, 5.74) is 5.33. The van der Waals surface area contributed by atoms with Gasteiger partial charge in [-0.1, -0.05) is 91.0 Å². The Kier molecular flexibility index (Phi) is 5.10.